The molecule has 3 aromatic rings. The Morgan fingerprint density at radius 2 is 1.89 bits per heavy atom. The highest BCUT2D eigenvalue weighted by Crippen LogP contribution is 2.43. The summed E-state index contributed by atoms with van der Waals surface area (Å²) in [6.45, 7) is 0. The van der Waals surface area contributed by atoms with Crippen molar-refractivity contribution in [3.8, 4) is 16.9 Å². The van der Waals surface area contributed by atoms with E-state index in [1.165, 1.54) is 30.5 Å². The van der Waals surface area contributed by atoms with Gasteiger partial charge in [-0.2, -0.15) is 18.3 Å². The van der Waals surface area contributed by atoms with Crippen molar-refractivity contribution in [2.45, 2.75) is 24.9 Å². The Balaban J connectivity index is 1.76. The molecule has 0 radical (unpaired) electrons. The average molecular weight is 390 g/mol. The highest BCUT2D eigenvalue weighted by Gasteiger charge is 2.38. The van der Waals surface area contributed by atoms with Gasteiger partial charge in [-0.05, 0) is 43.2 Å². The third-order valence-corrected chi connectivity index (χ3v) is 4.54. The van der Waals surface area contributed by atoms with Gasteiger partial charge < -0.3 is 5.73 Å². The lowest BCUT2D eigenvalue weighted by molar-refractivity contribution is -0.141. The molecule has 0 spiro atoms. The van der Waals surface area contributed by atoms with Crippen molar-refractivity contribution in [3.63, 3.8) is 0 Å². The Morgan fingerprint density at radius 3 is 2.50 bits per heavy atom. The van der Waals surface area contributed by atoms with E-state index >= 15 is 0 Å². The van der Waals surface area contributed by atoms with Gasteiger partial charge >= 0.3 is 6.18 Å². The van der Waals surface area contributed by atoms with E-state index in [4.69, 9.17) is 5.73 Å². The third kappa shape index (κ3) is 3.35. The number of rotatable bonds is 4. The molecule has 1 fully saturated rings. The summed E-state index contributed by atoms with van der Waals surface area (Å²) >= 11 is 0. The molecule has 0 bridgehead atoms. The SMILES string of the molecule is NC(=O)c1ccnc(-c2ccc(-n3nc(C(F)(F)F)cc3C3CC3)c(F)c2)c1. The van der Waals surface area contributed by atoms with Crippen LogP contribution in [0.3, 0.4) is 0 Å². The maximum Gasteiger partial charge on any atom is 0.435 e. The van der Waals surface area contributed by atoms with Crippen LogP contribution in [-0.2, 0) is 6.18 Å². The van der Waals surface area contributed by atoms with Crippen LogP contribution in [0.15, 0.2) is 42.6 Å². The summed E-state index contributed by atoms with van der Waals surface area (Å²) in [5.74, 6) is -1.45. The Hall–Kier alpha value is -3.23. The first-order valence-electron chi connectivity index (χ1n) is 8.47. The van der Waals surface area contributed by atoms with Crippen molar-refractivity contribution in [1.29, 1.82) is 0 Å². The number of halogens is 4. The minimum atomic E-state index is -4.61. The number of pyridine rings is 1. The molecule has 1 aliphatic carbocycles. The molecule has 1 amide bonds. The summed E-state index contributed by atoms with van der Waals surface area (Å²) < 4.78 is 55.0. The Labute approximate surface area is 156 Å². The molecule has 0 aliphatic heterocycles. The fraction of sp³-hybridized carbons (Fsp3) is 0.211. The Morgan fingerprint density at radius 1 is 1.14 bits per heavy atom. The minimum Gasteiger partial charge on any atom is -0.366 e. The first-order valence-corrected chi connectivity index (χ1v) is 8.47. The van der Waals surface area contributed by atoms with Crippen LogP contribution in [-0.4, -0.2) is 20.7 Å². The Bertz CT molecular complexity index is 1070. The van der Waals surface area contributed by atoms with E-state index in [1.54, 1.807) is 0 Å². The molecule has 0 unspecified atom stereocenters. The molecule has 0 atom stereocenters. The van der Waals surface area contributed by atoms with Gasteiger partial charge in [0.25, 0.3) is 0 Å². The number of aromatic nitrogens is 3. The van der Waals surface area contributed by atoms with Crippen molar-refractivity contribution < 1.29 is 22.4 Å². The highest BCUT2D eigenvalue weighted by atomic mass is 19.4. The quantitative estimate of drug-likeness (QED) is 0.683. The van der Waals surface area contributed by atoms with Crippen molar-refractivity contribution in [2.75, 3.05) is 0 Å². The fourth-order valence-electron chi connectivity index (χ4n) is 2.98. The van der Waals surface area contributed by atoms with Gasteiger partial charge in [0.15, 0.2) is 5.69 Å². The molecule has 28 heavy (non-hydrogen) atoms. The maximum absolute atomic E-state index is 14.8. The molecule has 1 aromatic carbocycles. The minimum absolute atomic E-state index is 0.0587. The van der Waals surface area contributed by atoms with Gasteiger partial charge in [-0.3, -0.25) is 9.78 Å². The summed E-state index contributed by atoms with van der Waals surface area (Å²) in [5, 5.41) is 3.59. The molecule has 1 saturated carbocycles. The number of alkyl halides is 3. The van der Waals surface area contributed by atoms with Crippen molar-refractivity contribution in [1.82, 2.24) is 14.8 Å². The second kappa shape index (κ2) is 6.43. The highest BCUT2D eigenvalue weighted by molar-refractivity contribution is 5.93. The summed E-state index contributed by atoms with van der Waals surface area (Å²) in [7, 11) is 0. The molecule has 0 saturated heterocycles. The van der Waals surface area contributed by atoms with E-state index in [0.717, 1.165) is 29.7 Å². The molecule has 4 rings (SSSR count). The van der Waals surface area contributed by atoms with Gasteiger partial charge in [0.05, 0.1) is 5.69 Å². The number of carbonyl (C=O) groups excluding carboxylic acids is 1. The number of carbonyl (C=O) groups is 1. The van der Waals surface area contributed by atoms with E-state index in [1.807, 2.05) is 0 Å². The fourth-order valence-corrected chi connectivity index (χ4v) is 2.98. The molecular formula is C19H14F4N4O. The Kier molecular flexibility index (Phi) is 4.17. The van der Waals surface area contributed by atoms with E-state index in [-0.39, 0.29) is 17.2 Å². The molecule has 2 aromatic heterocycles. The number of amides is 1. The number of hydrogen-bond acceptors (Lipinski definition) is 3. The molecule has 1 aliphatic rings. The van der Waals surface area contributed by atoms with E-state index in [9.17, 15) is 22.4 Å². The average Bonchev–Trinajstić information content (AvgIpc) is 3.39. The van der Waals surface area contributed by atoms with Gasteiger partial charge in [0.2, 0.25) is 5.91 Å². The van der Waals surface area contributed by atoms with Crippen LogP contribution in [0.25, 0.3) is 16.9 Å². The van der Waals surface area contributed by atoms with Crippen LogP contribution < -0.4 is 5.73 Å². The normalized spacial score (nSPS) is 14.3. The van der Waals surface area contributed by atoms with Crippen molar-refractivity contribution in [2.24, 2.45) is 5.73 Å². The maximum atomic E-state index is 14.8. The predicted molar refractivity (Wildman–Crippen MR) is 92.2 cm³/mol. The lowest BCUT2D eigenvalue weighted by atomic mass is 10.1. The number of nitrogens with two attached hydrogens (primary N) is 1. The summed E-state index contributed by atoms with van der Waals surface area (Å²) in [4.78, 5) is 15.4. The van der Waals surface area contributed by atoms with Crippen LogP contribution in [0.5, 0.6) is 0 Å². The van der Waals surface area contributed by atoms with E-state index in [0.29, 0.717) is 17.0 Å². The van der Waals surface area contributed by atoms with Crippen LogP contribution in [0, 0.1) is 5.82 Å². The predicted octanol–water partition coefficient (Wildman–Crippen LogP) is 4.07. The van der Waals surface area contributed by atoms with Gasteiger partial charge in [-0.25, -0.2) is 9.07 Å². The lowest BCUT2D eigenvalue weighted by Crippen LogP contribution is -2.11. The van der Waals surface area contributed by atoms with Gasteiger partial charge in [0.1, 0.15) is 11.5 Å². The molecule has 9 heteroatoms. The van der Waals surface area contributed by atoms with Crippen molar-refractivity contribution in [3.05, 3.63) is 65.4 Å². The smallest absolute Gasteiger partial charge is 0.366 e. The molecule has 2 N–H and O–H groups in total. The third-order valence-electron chi connectivity index (χ3n) is 4.54. The zero-order chi connectivity index (χ0) is 20.1. The monoisotopic (exact) mass is 390 g/mol. The summed E-state index contributed by atoms with van der Waals surface area (Å²) in [6, 6.07) is 7.83. The number of benzene rings is 1. The van der Waals surface area contributed by atoms with Gasteiger partial charge in [-0.1, -0.05) is 6.07 Å². The largest absolute Gasteiger partial charge is 0.435 e. The second-order valence-electron chi connectivity index (χ2n) is 6.60. The van der Waals surface area contributed by atoms with Crippen LogP contribution in [0.2, 0.25) is 0 Å². The van der Waals surface area contributed by atoms with E-state index in [2.05, 4.69) is 10.1 Å². The number of primary amides is 1. The first kappa shape index (κ1) is 18.1. The summed E-state index contributed by atoms with van der Waals surface area (Å²) in [5.41, 5.74) is 5.35. The molecule has 5 nitrogen and oxygen atoms in total. The zero-order valence-electron chi connectivity index (χ0n) is 14.4. The van der Waals surface area contributed by atoms with Crippen LogP contribution in [0.1, 0.15) is 40.5 Å². The molecule has 144 valence electrons. The van der Waals surface area contributed by atoms with Crippen LogP contribution >= 0.6 is 0 Å². The van der Waals surface area contributed by atoms with Crippen LogP contribution in [0.4, 0.5) is 17.6 Å². The first-order chi connectivity index (χ1) is 13.2. The molecular weight excluding hydrogens is 376 g/mol. The topological polar surface area (TPSA) is 73.8 Å². The number of hydrogen-bond donors (Lipinski definition) is 1. The molecule has 2 heterocycles. The van der Waals surface area contributed by atoms with Gasteiger partial charge in [-0.15, -0.1) is 0 Å². The zero-order valence-corrected chi connectivity index (χ0v) is 14.4. The van der Waals surface area contributed by atoms with E-state index < -0.39 is 23.6 Å². The lowest BCUT2D eigenvalue weighted by Gasteiger charge is -2.10. The summed E-state index contributed by atoms with van der Waals surface area (Å²) in [6.07, 6.45) is -1.75. The second-order valence-corrected chi connectivity index (χ2v) is 6.60. The van der Waals surface area contributed by atoms with Crippen molar-refractivity contribution >= 4 is 5.91 Å². The number of nitrogens with zero attached hydrogens (tertiary/aromatic N) is 3. The standard InChI is InChI=1S/C19H14F4N4O/c20-13-7-11(14-8-12(18(24)28)5-6-25-14)3-4-15(13)27-16(10-1-2-10)9-17(26-27)19(21,22)23/h3-10H,1-2H2,(H2,24,28). The van der Waals surface area contributed by atoms with Gasteiger partial charge in [0, 0.05) is 28.9 Å².